The Morgan fingerprint density at radius 3 is 2.39 bits per heavy atom. The highest BCUT2D eigenvalue weighted by molar-refractivity contribution is 7.80. The van der Waals surface area contributed by atoms with Crippen molar-refractivity contribution in [1.82, 2.24) is 0 Å². The average molecular weight is 263 g/mol. The van der Waals surface area contributed by atoms with Crippen LogP contribution >= 0.6 is 12.6 Å². The first-order valence-electron chi connectivity index (χ1n) is 5.89. The zero-order chi connectivity index (χ0) is 13.1. The van der Waals surface area contributed by atoms with Gasteiger partial charge in [-0.1, -0.05) is 30.3 Å². The van der Waals surface area contributed by atoms with Crippen LogP contribution in [0, 0.1) is 0 Å². The van der Waals surface area contributed by atoms with Gasteiger partial charge in [-0.2, -0.15) is 12.6 Å². The molecule has 0 radical (unpaired) electrons. The molecule has 4 N–H and O–H groups in total. The summed E-state index contributed by atoms with van der Waals surface area (Å²) < 4.78 is 0. The third-order valence-corrected chi connectivity index (χ3v) is 3.36. The van der Waals surface area contributed by atoms with Gasteiger partial charge in [-0.15, -0.1) is 0 Å². The first kappa shape index (κ1) is 13.2. The summed E-state index contributed by atoms with van der Waals surface area (Å²) in [4.78, 5) is 0. The number of nitrogen functional groups attached to an aromatic ring is 1. The lowest BCUT2D eigenvalue weighted by atomic mass is 9.95. The zero-order valence-corrected chi connectivity index (χ0v) is 10.8. The number of hydrogen-bond acceptors (Lipinski definition) is 4. The smallest absolute Gasteiger partial charge is 0.105 e. The van der Waals surface area contributed by atoms with Crippen LogP contribution in [-0.2, 0) is 0 Å². The summed E-state index contributed by atoms with van der Waals surface area (Å²) in [6, 6.07) is 11.1. The van der Waals surface area contributed by atoms with E-state index >= 15 is 0 Å². The molecule has 18 heavy (non-hydrogen) atoms. The summed E-state index contributed by atoms with van der Waals surface area (Å²) >= 11 is 4.07. The van der Waals surface area contributed by atoms with Gasteiger partial charge < -0.3 is 15.9 Å². The first-order chi connectivity index (χ1) is 8.65. The predicted octanol–water partition coefficient (Wildman–Crippen LogP) is 2.14. The third kappa shape index (κ3) is 2.46. The highest BCUT2D eigenvalue weighted by Gasteiger charge is 2.20. The minimum absolute atomic E-state index is 0.447. The zero-order valence-electron chi connectivity index (χ0n) is 9.95. The molecular formula is C14H17NO2S. The van der Waals surface area contributed by atoms with Crippen LogP contribution in [0.1, 0.15) is 18.1 Å². The fourth-order valence-electron chi connectivity index (χ4n) is 2.10. The normalized spacial score (nSPS) is 14.6. The molecule has 2 rings (SSSR count). The Balaban J connectivity index is 2.48. The molecular weight excluding hydrogens is 246 g/mol. The lowest BCUT2D eigenvalue weighted by Gasteiger charge is -2.19. The molecule has 0 fully saturated rings. The van der Waals surface area contributed by atoms with Crippen molar-refractivity contribution in [1.29, 1.82) is 0 Å². The van der Waals surface area contributed by atoms with Gasteiger partial charge in [0.2, 0.25) is 0 Å². The monoisotopic (exact) mass is 263 g/mol. The molecule has 4 heteroatoms. The van der Waals surface area contributed by atoms with E-state index in [-0.39, 0.29) is 0 Å². The Morgan fingerprint density at radius 1 is 1.06 bits per heavy atom. The van der Waals surface area contributed by atoms with E-state index in [2.05, 4.69) is 12.6 Å². The van der Waals surface area contributed by atoms with Gasteiger partial charge in [-0.3, -0.25) is 0 Å². The number of anilines is 1. The quantitative estimate of drug-likeness (QED) is 0.505. The summed E-state index contributed by atoms with van der Waals surface area (Å²) in [6.45, 7) is 0. The molecule has 0 heterocycles. The highest BCUT2D eigenvalue weighted by atomic mass is 32.1. The molecule has 0 aliphatic rings. The molecule has 96 valence electrons. The molecule has 0 spiro atoms. The lowest BCUT2D eigenvalue weighted by Crippen LogP contribution is -2.19. The van der Waals surface area contributed by atoms with E-state index < -0.39 is 12.2 Å². The van der Waals surface area contributed by atoms with E-state index in [1.54, 1.807) is 12.1 Å². The topological polar surface area (TPSA) is 66.5 Å². The van der Waals surface area contributed by atoms with Crippen molar-refractivity contribution in [3.8, 4) is 0 Å². The molecule has 2 aromatic rings. The molecule has 0 aromatic heterocycles. The number of benzene rings is 2. The Morgan fingerprint density at radius 2 is 1.72 bits per heavy atom. The van der Waals surface area contributed by atoms with Crippen LogP contribution in [0.3, 0.4) is 0 Å². The van der Waals surface area contributed by atoms with Gasteiger partial charge in [0.25, 0.3) is 0 Å². The summed E-state index contributed by atoms with van der Waals surface area (Å²) in [5.74, 6) is 0.533. The SMILES string of the molecule is Nc1ccc(C(O)C(O)CCS)c2ccccc12. The van der Waals surface area contributed by atoms with E-state index in [9.17, 15) is 10.2 Å². The van der Waals surface area contributed by atoms with E-state index in [0.717, 1.165) is 10.8 Å². The molecule has 2 atom stereocenters. The molecule has 2 aromatic carbocycles. The molecule has 0 amide bonds. The van der Waals surface area contributed by atoms with Crippen LogP contribution < -0.4 is 5.73 Å². The Hall–Kier alpha value is -1.23. The minimum atomic E-state index is -0.914. The molecule has 2 unspecified atom stereocenters. The number of aliphatic hydroxyl groups is 2. The summed E-state index contributed by atoms with van der Waals surface area (Å²) in [5.41, 5.74) is 7.28. The second-order valence-electron chi connectivity index (χ2n) is 4.31. The van der Waals surface area contributed by atoms with E-state index in [4.69, 9.17) is 5.73 Å². The van der Waals surface area contributed by atoms with Crippen molar-refractivity contribution in [3.05, 3.63) is 42.0 Å². The van der Waals surface area contributed by atoms with Crippen LogP contribution in [0.15, 0.2) is 36.4 Å². The fourth-order valence-corrected chi connectivity index (χ4v) is 2.37. The van der Waals surface area contributed by atoms with Crippen molar-refractivity contribution in [2.24, 2.45) is 0 Å². The minimum Gasteiger partial charge on any atom is -0.398 e. The summed E-state index contributed by atoms with van der Waals surface area (Å²) in [7, 11) is 0. The van der Waals surface area contributed by atoms with Gasteiger partial charge >= 0.3 is 0 Å². The predicted molar refractivity (Wildman–Crippen MR) is 77.8 cm³/mol. The first-order valence-corrected chi connectivity index (χ1v) is 6.52. The van der Waals surface area contributed by atoms with Crippen molar-refractivity contribution >= 4 is 29.1 Å². The second kappa shape index (κ2) is 5.61. The fraction of sp³-hybridized carbons (Fsp3) is 0.286. The van der Waals surface area contributed by atoms with Gasteiger partial charge in [0.1, 0.15) is 6.10 Å². The number of aliphatic hydroxyl groups excluding tert-OH is 2. The highest BCUT2D eigenvalue weighted by Crippen LogP contribution is 2.30. The van der Waals surface area contributed by atoms with Crippen LogP contribution in [0.25, 0.3) is 10.8 Å². The standard InChI is InChI=1S/C14H17NO2S/c15-12-6-5-11(14(17)13(16)7-8-18)9-3-1-2-4-10(9)12/h1-6,13-14,16-18H,7-8,15H2. The molecule has 0 saturated carbocycles. The number of hydrogen-bond donors (Lipinski definition) is 4. The van der Waals surface area contributed by atoms with Crippen LogP contribution in [-0.4, -0.2) is 22.1 Å². The van der Waals surface area contributed by atoms with Gasteiger partial charge in [0, 0.05) is 11.1 Å². The van der Waals surface area contributed by atoms with Gasteiger partial charge in [0.15, 0.2) is 0 Å². The number of rotatable bonds is 4. The molecule has 0 bridgehead atoms. The maximum absolute atomic E-state index is 10.2. The van der Waals surface area contributed by atoms with Crippen molar-refractivity contribution in [3.63, 3.8) is 0 Å². The van der Waals surface area contributed by atoms with Crippen LogP contribution in [0.5, 0.6) is 0 Å². The van der Waals surface area contributed by atoms with Crippen LogP contribution in [0.2, 0.25) is 0 Å². The van der Waals surface area contributed by atoms with Crippen molar-refractivity contribution in [2.45, 2.75) is 18.6 Å². The second-order valence-corrected chi connectivity index (χ2v) is 4.76. The maximum atomic E-state index is 10.2. The van der Waals surface area contributed by atoms with Crippen LogP contribution in [0.4, 0.5) is 5.69 Å². The Bertz CT molecular complexity index is 544. The molecule has 0 aliphatic heterocycles. The summed E-state index contributed by atoms with van der Waals surface area (Å²) in [6.07, 6.45) is -1.28. The lowest BCUT2D eigenvalue weighted by molar-refractivity contribution is 0.0181. The average Bonchev–Trinajstić information content (AvgIpc) is 2.39. The van der Waals surface area contributed by atoms with E-state index in [1.807, 2.05) is 24.3 Å². The number of nitrogens with two attached hydrogens (primary N) is 1. The summed E-state index contributed by atoms with van der Waals surface area (Å²) in [5, 5.41) is 21.8. The Labute approximate surface area is 112 Å². The van der Waals surface area contributed by atoms with E-state index in [1.165, 1.54) is 0 Å². The largest absolute Gasteiger partial charge is 0.398 e. The number of thiol groups is 1. The molecule has 0 saturated heterocycles. The maximum Gasteiger partial charge on any atom is 0.105 e. The third-order valence-electron chi connectivity index (χ3n) is 3.10. The number of fused-ring (bicyclic) bond motifs is 1. The van der Waals surface area contributed by atoms with Gasteiger partial charge in [-0.25, -0.2) is 0 Å². The van der Waals surface area contributed by atoms with Crippen molar-refractivity contribution < 1.29 is 10.2 Å². The van der Waals surface area contributed by atoms with E-state index in [0.29, 0.717) is 23.4 Å². The van der Waals surface area contributed by atoms with Gasteiger partial charge in [0.05, 0.1) is 6.10 Å². The Kier molecular flexibility index (Phi) is 4.11. The molecule has 0 aliphatic carbocycles. The van der Waals surface area contributed by atoms with Gasteiger partial charge in [-0.05, 0) is 29.2 Å². The van der Waals surface area contributed by atoms with Crippen molar-refractivity contribution in [2.75, 3.05) is 11.5 Å². The molecule has 3 nitrogen and oxygen atoms in total.